The molecular formula is C18H16N5O2S+. The molecule has 7 nitrogen and oxygen atoms in total. The molecule has 0 bridgehead atoms. The van der Waals surface area contributed by atoms with E-state index in [9.17, 15) is 8.42 Å². The van der Waals surface area contributed by atoms with Gasteiger partial charge in [-0.05, 0) is 19.1 Å². The Labute approximate surface area is 151 Å². The summed E-state index contributed by atoms with van der Waals surface area (Å²) >= 11 is 0. The fourth-order valence-electron chi connectivity index (χ4n) is 2.71. The average Bonchev–Trinajstić information content (AvgIpc) is 3.04. The van der Waals surface area contributed by atoms with E-state index in [1.165, 1.54) is 18.5 Å². The summed E-state index contributed by atoms with van der Waals surface area (Å²) in [6, 6.07) is 12.7. The molecule has 4 rings (SSSR count). The molecule has 0 aliphatic carbocycles. The van der Waals surface area contributed by atoms with Gasteiger partial charge in [0.15, 0.2) is 0 Å². The quantitative estimate of drug-likeness (QED) is 0.840. The van der Waals surface area contributed by atoms with Crippen molar-refractivity contribution in [3.63, 3.8) is 0 Å². The highest BCUT2D eigenvalue weighted by Gasteiger charge is 2.34. The zero-order chi connectivity index (χ0) is 18.1. The van der Waals surface area contributed by atoms with E-state index in [4.69, 9.17) is 0 Å². The van der Waals surface area contributed by atoms with Crippen LogP contribution in [0, 0.1) is 0 Å². The van der Waals surface area contributed by atoms with Crippen LogP contribution in [0.4, 0.5) is 0 Å². The Kier molecular flexibility index (Phi) is 3.98. The molecule has 0 radical (unpaired) electrons. The van der Waals surface area contributed by atoms with Gasteiger partial charge in [0, 0.05) is 24.0 Å². The van der Waals surface area contributed by atoms with Crippen LogP contribution in [0.25, 0.3) is 0 Å². The largest absolute Gasteiger partial charge is 0.267 e. The molecule has 1 atom stereocenters. The fraction of sp³-hybridized carbons (Fsp3) is 0.0556. The van der Waals surface area contributed by atoms with Crippen molar-refractivity contribution in [2.24, 2.45) is 10.1 Å². The van der Waals surface area contributed by atoms with Crippen molar-refractivity contribution in [3.8, 4) is 0 Å². The van der Waals surface area contributed by atoms with Crippen molar-refractivity contribution in [3.05, 3.63) is 83.7 Å². The van der Waals surface area contributed by atoms with Gasteiger partial charge >= 0.3 is 0 Å². The molecule has 1 unspecified atom stereocenters. The van der Waals surface area contributed by atoms with Crippen LogP contribution in [0.3, 0.4) is 0 Å². The number of sulfonamides is 1. The Hall–Kier alpha value is -3.10. The van der Waals surface area contributed by atoms with Crippen molar-refractivity contribution in [1.82, 2.24) is 9.71 Å². The molecule has 0 amide bonds. The SMILES string of the molecule is CC1=C2N=C(c3ccccc3)C=C(NS(=O)(=O)c3cccnc3)[NH+]2N=C1. The Balaban J connectivity index is 1.76. The van der Waals surface area contributed by atoms with Crippen LogP contribution >= 0.6 is 0 Å². The van der Waals surface area contributed by atoms with E-state index in [-0.39, 0.29) is 4.90 Å². The number of quaternary nitrogens is 1. The average molecular weight is 366 g/mol. The fourth-order valence-corrected chi connectivity index (χ4v) is 3.73. The lowest BCUT2D eigenvalue weighted by Crippen LogP contribution is -3.05. The second-order valence-corrected chi connectivity index (χ2v) is 7.54. The molecule has 1 aromatic heterocycles. The third-order valence-electron chi connectivity index (χ3n) is 4.01. The second-order valence-electron chi connectivity index (χ2n) is 5.85. The number of pyridine rings is 1. The van der Waals surface area contributed by atoms with Crippen LogP contribution in [0.2, 0.25) is 0 Å². The van der Waals surface area contributed by atoms with Crippen LogP contribution in [0.5, 0.6) is 0 Å². The summed E-state index contributed by atoms with van der Waals surface area (Å²) in [7, 11) is -3.77. The number of rotatable bonds is 4. The van der Waals surface area contributed by atoms with E-state index in [2.05, 4.69) is 19.8 Å². The number of fused-ring (bicyclic) bond motifs is 1. The normalized spacial score (nSPS) is 19.0. The lowest BCUT2D eigenvalue weighted by molar-refractivity contribution is -0.828. The minimum absolute atomic E-state index is 0.0921. The van der Waals surface area contributed by atoms with Crippen molar-refractivity contribution >= 4 is 21.9 Å². The van der Waals surface area contributed by atoms with Gasteiger partial charge in [-0.1, -0.05) is 35.4 Å². The topological polar surface area (TPSA) is 88.2 Å². The molecule has 3 heterocycles. The second kappa shape index (κ2) is 6.32. The summed E-state index contributed by atoms with van der Waals surface area (Å²) < 4.78 is 28.0. The maximum absolute atomic E-state index is 12.7. The van der Waals surface area contributed by atoms with Gasteiger partial charge in [0.2, 0.25) is 5.82 Å². The molecule has 0 spiro atoms. The molecule has 2 aliphatic rings. The van der Waals surface area contributed by atoms with Gasteiger partial charge in [-0.15, -0.1) is 5.01 Å². The highest BCUT2D eigenvalue weighted by molar-refractivity contribution is 7.89. The van der Waals surface area contributed by atoms with E-state index in [1.807, 2.05) is 37.3 Å². The van der Waals surface area contributed by atoms with Gasteiger partial charge in [0.25, 0.3) is 15.8 Å². The van der Waals surface area contributed by atoms with Gasteiger partial charge in [0.1, 0.15) is 4.90 Å². The molecule has 8 heteroatoms. The summed E-state index contributed by atoms with van der Waals surface area (Å²) in [4.78, 5) is 8.63. The first-order chi connectivity index (χ1) is 12.5. The summed E-state index contributed by atoms with van der Waals surface area (Å²) in [5.74, 6) is 1.07. The van der Waals surface area contributed by atoms with E-state index >= 15 is 0 Å². The molecule has 0 saturated heterocycles. The highest BCUT2D eigenvalue weighted by Crippen LogP contribution is 2.15. The van der Waals surface area contributed by atoms with Crippen LogP contribution in [0.15, 0.2) is 93.1 Å². The van der Waals surface area contributed by atoms with E-state index in [0.717, 1.165) is 11.1 Å². The van der Waals surface area contributed by atoms with Crippen LogP contribution in [-0.2, 0) is 10.0 Å². The van der Waals surface area contributed by atoms with Gasteiger partial charge in [-0.25, -0.2) is 13.1 Å². The smallest absolute Gasteiger partial charge is 0.263 e. The minimum atomic E-state index is -3.77. The number of nitrogens with zero attached hydrogens (tertiary/aromatic N) is 3. The third-order valence-corrected chi connectivity index (χ3v) is 5.36. The van der Waals surface area contributed by atoms with Gasteiger partial charge in [-0.2, -0.15) is 4.99 Å². The Bertz CT molecular complexity index is 1070. The number of aromatic nitrogens is 1. The summed E-state index contributed by atoms with van der Waals surface area (Å²) in [6.45, 7) is 1.90. The molecule has 2 aliphatic heterocycles. The molecule has 0 saturated carbocycles. The number of benzene rings is 1. The predicted molar refractivity (Wildman–Crippen MR) is 97.8 cm³/mol. The molecule has 0 fully saturated rings. The first-order valence-electron chi connectivity index (χ1n) is 7.96. The number of allylic oxidation sites excluding steroid dienone is 2. The van der Waals surface area contributed by atoms with Crippen molar-refractivity contribution < 1.29 is 13.4 Å². The van der Waals surface area contributed by atoms with E-state index in [0.29, 0.717) is 22.4 Å². The van der Waals surface area contributed by atoms with Crippen molar-refractivity contribution in [2.75, 3.05) is 0 Å². The Morgan fingerprint density at radius 2 is 1.88 bits per heavy atom. The van der Waals surface area contributed by atoms with E-state index < -0.39 is 10.0 Å². The van der Waals surface area contributed by atoms with Crippen molar-refractivity contribution in [2.45, 2.75) is 11.8 Å². The molecule has 2 aromatic rings. The van der Waals surface area contributed by atoms with Gasteiger partial charge < -0.3 is 0 Å². The zero-order valence-corrected chi connectivity index (χ0v) is 14.7. The minimum Gasteiger partial charge on any atom is -0.263 e. The van der Waals surface area contributed by atoms with Crippen LogP contribution in [0.1, 0.15) is 12.5 Å². The first-order valence-corrected chi connectivity index (χ1v) is 9.44. The number of aliphatic imine (C=N–C) groups is 1. The molecule has 2 N–H and O–H groups in total. The number of nitrogens with one attached hydrogen (secondary N) is 2. The first kappa shape index (κ1) is 16.4. The van der Waals surface area contributed by atoms with Crippen LogP contribution < -0.4 is 9.73 Å². The monoisotopic (exact) mass is 366 g/mol. The van der Waals surface area contributed by atoms with Crippen molar-refractivity contribution in [1.29, 1.82) is 0 Å². The number of hydrogen-bond acceptors (Lipinski definition) is 5. The standard InChI is InChI=1S/C18H15N5O2S/c1-13-11-20-23-17(22-26(24,25)15-8-5-9-19-12-15)10-16(21-18(13)23)14-6-3-2-4-7-14/h2-12,22H,1H3/p+1. The lowest BCUT2D eigenvalue weighted by Gasteiger charge is -2.19. The van der Waals surface area contributed by atoms with Gasteiger partial charge in [-0.3, -0.25) is 4.98 Å². The maximum atomic E-state index is 12.7. The van der Waals surface area contributed by atoms with Crippen LogP contribution in [-0.4, -0.2) is 25.3 Å². The molecule has 1 aromatic carbocycles. The summed E-state index contributed by atoms with van der Waals surface area (Å²) in [6.07, 6.45) is 6.23. The Morgan fingerprint density at radius 3 is 2.62 bits per heavy atom. The van der Waals surface area contributed by atoms with Gasteiger partial charge in [0.05, 0.1) is 17.5 Å². The summed E-state index contributed by atoms with van der Waals surface area (Å²) in [5, 5.41) is 4.85. The predicted octanol–water partition coefficient (Wildman–Crippen LogP) is 0.820. The molecule has 26 heavy (non-hydrogen) atoms. The zero-order valence-electron chi connectivity index (χ0n) is 13.9. The highest BCUT2D eigenvalue weighted by atomic mass is 32.2. The molecule has 130 valence electrons. The lowest BCUT2D eigenvalue weighted by atomic mass is 10.1. The molecular weight excluding hydrogens is 350 g/mol. The third kappa shape index (κ3) is 2.96. The summed E-state index contributed by atoms with van der Waals surface area (Å²) in [5.41, 5.74) is 2.47. The Morgan fingerprint density at radius 1 is 1.08 bits per heavy atom. The van der Waals surface area contributed by atoms with E-state index in [1.54, 1.807) is 18.4 Å². The number of hydrogen-bond donors (Lipinski definition) is 2. The maximum Gasteiger partial charge on any atom is 0.267 e.